The highest BCUT2D eigenvalue weighted by atomic mass is 16.5. The summed E-state index contributed by atoms with van der Waals surface area (Å²) in [6.07, 6.45) is 6.82. The number of ether oxygens (including phenoxy) is 2. The number of piperidine rings is 1. The summed E-state index contributed by atoms with van der Waals surface area (Å²) in [6, 6.07) is 3.96. The third-order valence-corrected chi connectivity index (χ3v) is 5.80. The van der Waals surface area contributed by atoms with Crippen LogP contribution in [0.5, 0.6) is 11.5 Å². The topological polar surface area (TPSA) is 59.0 Å². The Hall–Kier alpha value is -2.11. The molecule has 1 aromatic rings. The molecule has 1 N–H and O–H groups in total. The molecule has 4 rings (SSSR count). The molecule has 1 aliphatic heterocycles. The van der Waals surface area contributed by atoms with Crippen molar-refractivity contribution in [2.75, 3.05) is 27.8 Å². The SMILES string of the molecule is COc1cc2c(cc1OC)[C@]13CCN(C)[C@](O)(C1)C(=O)C=C3C=C2. The van der Waals surface area contributed by atoms with Crippen molar-refractivity contribution in [1.29, 1.82) is 0 Å². The minimum atomic E-state index is -1.43. The van der Waals surface area contributed by atoms with Gasteiger partial charge in [-0.1, -0.05) is 12.2 Å². The molecule has 0 unspecified atom stereocenters. The van der Waals surface area contributed by atoms with Gasteiger partial charge in [0.1, 0.15) is 0 Å². The summed E-state index contributed by atoms with van der Waals surface area (Å²) in [5.41, 5.74) is 1.32. The summed E-state index contributed by atoms with van der Waals surface area (Å²) < 4.78 is 10.9. The fraction of sp³-hybridized carbons (Fsp3) is 0.421. The van der Waals surface area contributed by atoms with Crippen LogP contribution in [-0.4, -0.2) is 49.3 Å². The van der Waals surface area contributed by atoms with Crippen LogP contribution in [0.1, 0.15) is 24.0 Å². The predicted molar refractivity (Wildman–Crippen MR) is 90.2 cm³/mol. The summed E-state index contributed by atoms with van der Waals surface area (Å²) in [7, 11) is 5.04. The number of rotatable bonds is 2. The minimum Gasteiger partial charge on any atom is -0.493 e. The van der Waals surface area contributed by atoms with Crippen molar-refractivity contribution >= 4 is 11.9 Å². The summed E-state index contributed by atoms with van der Waals surface area (Å²) >= 11 is 0. The van der Waals surface area contributed by atoms with Crippen LogP contribution in [-0.2, 0) is 10.2 Å². The molecule has 126 valence electrons. The van der Waals surface area contributed by atoms with Gasteiger partial charge in [0.25, 0.3) is 0 Å². The number of ketones is 1. The third kappa shape index (κ3) is 1.79. The Bertz CT molecular complexity index is 797. The van der Waals surface area contributed by atoms with Gasteiger partial charge >= 0.3 is 0 Å². The summed E-state index contributed by atoms with van der Waals surface area (Å²) in [5, 5.41) is 11.0. The molecule has 3 aliphatic rings. The molecule has 1 aromatic carbocycles. The Kier molecular flexibility index (Phi) is 3.18. The number of carbonyl (C=O) groups is 1. The second kappa shape index (κ2) is 4.94. The number of benzene rings is 1. The zero-order valence-electron chi connectivity index (χ0n) is 14.1. The normalized spacial score (nSPS) is 31.2. The number of nitrogens with zero attached hydrogens (tertiary/aromatic N) is 1. The number of likely N-dealkylation sites (tertiary alicyclic amines) is 1. The van der Waals surface area contributed by atoms with Crippen molar-refractivity contribution in [1.82, 2.24) is 4.90 Å². The van der Waals surface area contributed by atoms with Crippen molar-refractivity contribution in [3.8, 4) is 11.5 Å². The van der Waals surface area contributed by atoms with E-state index in [-0.39, 0.29) is 11.2 Å². The first-order valence-electron chi connectivity index (χ1n) is 8.09. The molecule has 0 radical (unpaired) electrons. The predicted octanol–water partition coefficient (Wildman–Crippen LogP) is 1.89. The molecule has 1 spiro atoms. The lowest BCUT2D eigenvalue weighted by atomic mass is 9.58. The quantitative estimate of drug-likeness (QED) is 0.899. The lowest BCUT2D eigenvalue weighted by molar-refractivity contribution is -0.168. The van der Waals surface area contributed by atoms with E-state index >= 15 is 0 Å². The van der Waals surface area contributed by atoms with E-state index in [1.54, 1.807) is 32.2 Å². The number of likely N-dealkylation sites (N-methyl/N-ethyl adjacent to an activating group) is 1. The van der Waals surface area contributed by atoms with E-state index < -0.39 is 5.72 Å². The molecule has 24 heavy (non-hydrogen) atoms. The number of hydrogen-bond acceptors (Lipinski definition) is 5. The van der Waals surface area contributed by atoms with E-state index in [0.717, 1.165) is 23.1 Å². The second-order valence-electron chi connectivity index (χ2n) is 6.84. The smallest absolute Gasteiger partial charge is 0.202 e. The average molecular weight is 327 g/mol. The van der Waals surface area contributed by atoms with Crippen molar-refractivity contribution in [2.45, 2.75) is 24.0 Å². The number of hydrogen-bond donors (Lipinski definition) is 1. The van der Waals surface area contributed by atoms with Crippen LogP contribution < -0.4 is 9.47 Å². The van der Waals surface area contributed by atoms with Crippen molar-refractivity contribution < 1.29 is 19.4 Å². The van der Waals surface area contributed by atoms with Gasteiger partial charge < -0.3 is 14.6 Å². The number of carbonyl (C=O) groups excluding carboxylic acids is 1. The molecular weight excluding hydrogens is 306 g/mol. The van der Waals surface area contributed by atoms with Crippen LogP contribution in [0, 0.1) is 0 Å². The van der Waals surface area contributed by atoms with Gasteiger partial charge in [-0.3, -0.25) is 9.69 Å². The second-order valence-corrected chi connectivity index (χ2v) is 6.84. The fourth-order valence-electron chi connectivity index (χ4n) is 4.32. The Balaban J connectivity index is 1.96. The molecule has 2 aliphatic carbocycles. The average Bonchev–Trinajstić information content (AvgIpc) is 2.59. The molecule has 1 fully saturated rings. The lowest BCUT2D eigenvalue weighted by Crippen LogP contribution is -2.63. The maximum atomic E-state index is 12.5. The Labute approximate surface area is 141 Å². The largest absolute Gasteiger partial charge is 0.493 e. The Morgan fingerprint density at radius 2 is 1.88 bits per heavy atom. The molecule has 0 amide bonds. The maximum absolute atomic E-state index is 12.5. The van der Waals surface area contributed by atoms with Crippen LogP contribution >= 0.6 is 0 Å². The molecular formula is C19H21NO4. The van der Waals surface area contributed by atoms with Gasteiger partial charge in [-0.15, -0.1) is 0 Å². The lowest BCUT2D eigenvalue weighted by Gasteiger charge is -2.54. The van der Waals surface area contributed by atoms with Gasteiger partial charge in [-0.2, -0.15) is 0 Å². The van der Waals surface area contributed by atoms with E-state index in [1.807, 2.05) is 24.3 Å². The zero-order chi connectivity index (χ0) is 17.1. The number of methoxy groups -OCH3 is 2. The number of fused-ring (bicyclic) bond motifs is 2. The molecule has 1 saturated heterocycles. The highest BCUT2D eigenvalue weighted by molar-refractivity contribution is 6.00. The van der Waals surface area contributed by atoms with E-state index in [1.165, 1.54) is 0 Å². The van der Waals surface area contributed by atoms with Crippen LogP contribution in [0.4, 0.5) is 0 Å². The van der Waals surface area contributed by atoms with Crippen molar-refractivity contribution in [3.05, 3.63) is 41.0 Å². The van der Waals surface area contributed by atoms with Crippen LogP contribution in [0.25, 0.3) is 6.08 Å². The van der Waals surface area contributed by atoms with Gasteiger partial charge in [0.15, 0.2) is 17.2 Å². The molecule has 5 nitrogen and oxygen atoms in total. The zero-order valence-corrected chi connectivity index (χ0v) is 14.1. The van der Waals surface area contributed by atoms with E-state index in [0.29, 0.717) is 24.5 Å². The molecule has 1 heterocycles. The molecule has 2 bridgehead atoms. The highest BCUT2D eigenvalue weighted by Gasteiger charge is 2.56. The van der Waals surface area contributed by atoms with Gasteiger partial charge in [0.05, 0.1) is 14.2 Å². The summed E-state index contributed by atoms with van der Waals surface area (Å²) in [6.45, 7) is 0.654. The molecule has 0 saturated carbocycles. The number of aliphatic hydroxyl groups is 1. The first-order chi connectivity index (χ1) is 11.4. The van der Waals surface area contributed by atoms with E-state index in [2.05, 4.69) is 0 Å². The fourth-order valence-corrected chi connectivity index (χ4v) is 4.32. The van der Waals surface area contributed by atoms with Crippen molar-refractivity contribution in [2.24, 2.45) is 0 Å². The summed E-state index contributed by atoms with van der Waals surface area (Å²) in [5.74, 6) is 1.11. The van der Waals surface area contributed by atoms with Crippen LogP contribution in [0.3, 0.4) is 0 Å². The molecule has 5 heteroatoms. The van der Waals surface area contributed by atoms with Gasteiger partial charge in [0, 0.05) is 18.4 Å². The van der Waals surface area contributed by atoms with Crippen LogP contribution in [0.15, 0.2) is 29.9 Å². The number of allylic oxidation sites excluding steroid dienone is 2. The van der Waals surface area contributed by atoms with Crippen LogP contribution in [0.2, 0.25) is 0 Å². The monoisotopic (exact) mass is 327 g/mol. The van der Waals surface area contributed by atoms with E-state index in [9.17, 15) is 9.90 Å². The third-order valence-electron chi connectivity index (χ3n) is 5.80. The molecule has 0 aromatic heterocycles. The van der Waals surface area contributed by atoms with Gasteiger partial charge in [-0.05, 0) is 48.4 Å². The minimum absolute atomic E-state index is 0.232. The van der Waals surface area contributed by atoms with Crippen molar-refractivity contribution in [3.63, 3.8) is 0 Å². The highest BCUT2D eigenvalue weighted by Crippen LogP contribution is 2.54. The summed E-state index contributed by atoms with van der Waals surface area (Å²) in [4.78, 5) is 14.2. The molecule has 2 atom stereocenters. The Morgan fingerprint density at radius 3 is 2.58 bits per heavy atom. The first-order valence-corrected chi connectivity index (χ1v) is 8.09. The van der Waals surface area contributed by atoms with E-state index in [4.69, 9.17) is 9.47 Å². The van der Waals surface area contributed by atoms with Gasteiger partial charge in [-0.25, -0.2) is 0 Å². The Morgan fingerprint density at radius 1 is 1.17 bits per heavy atom. The van der Waals surface area contributed by atoms with Gasteiger partial charge in [0.2, 0.25) is 5.78 Å². The first kappa shape index (κ1) is 15.4. The standard InChI is InChI=1S/C19H21NO4/c1-20-7-6-18-11-19(20,22)17(21)9-13(18)5-4-12-8-15(23-2)16(24-3)10-14(12)18/h4-5,8-10,22H,6-7,11H2,1-3H3/t18-,19+/m1/s1. The maximum Gasteiger partial charge on any atom is 0.202 e.